The second kappa shape index (κ2) is 13.1. The number of carbonyl (C=O) groups is 4. The number of carbonyl (C=O) groups excluding carboxylic acids is 3. The summed E-state index contributed by atoms with van der Waals surface area (Å²) < 4.78 is 10.9. The third kappa shape index (κ3) is 7.99. The lowest BCUT2D eigenvalue weighted by atomic mass is 9.97. The minimum Gasteiger partial charge on any atom is -0.480 e. The van der Waals surface area contributed by atoms with Crippen LogP contribution in [-0.4, -0.2) is 72.0 Å². The van der Waals surface area contributed by atoms with Crippen LogP contribution in [0.3, 0.4) is 0 Å². The van der Waals surface area contributed by atoms with Gasteiger partial charge in [0.1, 0.15) is 18.2 Å². The predicted molar refractivity (Wildman–Crippen MR) is 152 cm³/mol. The Morgan fingerprint density at radius 1 is 0.976 bits per heavy atom. The Hall–Kier alpha value is -4.08. The summed E-state index contributed by atoms with van der Waals surface area (Å²) in [6.07, 6.45) is 0.182. The number of fused-ring (bicyclic) bond motifs is 3. The number of benzene rings is 2. The van der Waals surface area contributed by atoms with Crippen molar-refractivity contribution in [1.29, 1.82) is 0 Å². The number of rotatable bonds is 9. The van der Waals surface area contributed by atoms with Crippen LogP contribution < -0.4 is 10.6 Å². The molecule has 1 saturated heterocycles. The van der Waals surface area contributed by atoms with Gasteiger partial charge in [-0.3, -0.25) is 4.79 Å². The minimum atomic E-state index is -1.26. The molecule has 10 heteroatoms. The number of carboxylic acids is 1. The van der Waals surface area contributed by atoms with Gasteiger partial charge in [-0.1, -0.05) is 48.5 Å². The van der Waals surface area contributed by atoms with Gasteiger partial charge in [-0.05, 0) is 68.2 Å². The Morgan fingerprint density at radius 2 is 1.56 bits per heavy atom. The van der Waals surface area contributed by atoms with Crippen molar-refractivity contribution in [3.05, 3.63) is 59.7 Å². The first kappa shape index (κ1) is 29.9. The fraction of sp³-hybridized carbons (Fsp3) is 0.484. The van der Waals surface area contributed by atoms with E-state index in [9.17, 15) is 24.3 Å². The molecule has 10 nitrogen and oxygen atoms in total. The van der Waals surface area contributed by atoms with Crippen LogP contribution in [0.4, 0.5) is 9.59 Å². The second-order valence-corrected chi connectivity index (χ2v) is 11.6. The van der Waals surface area contributed by atoms with Gasteiger partial charge >= 0.3 is 18.2 Å². The van der Waals surface area contributed by atoms with E-state index in [-0.39, 0.29) is 43.3 Å². The zero-order valence-electron chi connectivity index (χ0n) is 23.9. The molecule has 41 heavy (non-hydrogen) atoms. The Balaban J connectivity index is 1.19. The summed E-state index contributed by atoms with van der Waals surface area (Å²) in [5, 5.41) is 14.8. The van der Waals surface area contributed by atoms with Crippen molar-refractivity contribution in [3.63, 3.8) is 0 Å². The van der Waals surface area contributed by atoms with E-state index in [2.05, 4.69) is 10.6 Å². The molecule has 2 aliphatic rings. The highest BCUT2D eigenvalue weighted by Gasteiger charge is 2.30. The summed E-state index contributed by atoms with van der Waals surface area (Å²) in [4.78, 5) is 50.6. The fourth-order valence-electron chi connectivity index (χ4n) is 5.31. The summed E-state index contributed by atoms with van der Waals surface area (Å²) >= 11 is 0. The maximum Gasteiger partial charge on any atom is 0.410 e. The number of likely N-dealkylation sites (tertiary alicyclic amines) is 1. The number of alkyl carbamates (subject to hydrolysis) is 1. The van der Waals surface area contributed by atoms with E-state index in [1.807, 2.05) is 69.3 Å². The SMILES string of the molecule is CC(C)(C)OC(=O)N1CCC(CNC(=O)CC[C@H](NC(=O)OCC2c3ccccc3-c3ccccc32)C(=O)O)CC1. The number of nitrogens with one attached hydrogen (secondary N) is 2. The van der Waals surface area contributed by atoms with Crippen molar-refractivity contribution in [2.24, 2.45) is 5.92 Å². The van der Waals surface area contributed by atoms with E-state index in [0.29, 0.717) is 19.6 Å². The molecule has 0 aromatic heterocycles. The number of carboxylic acid groups (broad SMARTS) is 1. The topological polar surface area (TPSA) is 134 Å². The van der Waals surface area contributed by atoms with Gasteiger partial charge in [-0.25, -0.2) is 14.4 Å². The fourth-order valence-corrected chi connectivity index (χ4v) is 5.31. The van der Waals surface area contributed by atoms with Gasteiger partial charge in [0.15, 0.2) is 0 Å². The summed E-state index contributed by atoms with van der Waals surface area (Å²) in [6, 6.07) is 14.6. The molecule has 1 aliphatic heterocycles. The normalized spacial score (nSPS) is 15.8. The first-order chi connectivity index (χ1) is 19.5. The standard InChI is InChI=1S/C31H39N3O7/c1-31(2,3)41-30(39)34-16-14-20(15-17-34)18-32-27(35)13-12-26(28(36)37)33-29(38)40-19-25-23-10-6-4-8-21(23)22-9-5-7-11-24(22)25/h4-11,20,25-26H,12-19H2,1-3H3,(H,32,35)(H,33,38)(H,36,37)/t26-/m0/s1. The predicted octanol–water partition coefficient (Wildman–Crippen LogP) is 4.52. The molecule has 4 rings (SSSR count). The van der Waals surface area contributed by atoms with E-state index in [1.54, 1.807) is 4.90 Å². The maximum absolute atomic E-state index is 12.5. The van der Waals surface area contributed by atoms with Gasteiger partial charge in [-0.15, -0.1) is 0 Å². The highest BCUT2D eigenvalue weighted by molar-refractivity contribution is 5.82. The van der Waals surface area contributed by atoms with E-state index >= 15 is 0 Å². The molecular weight excluding hydrogens is 526 g/mol. The lowest BCUT2D eigenvalue weighted by Crippen LogP contribution is -2.44. The van der Waals surface area contributed by atoms with Crippen molar-refractivity contribution in [3.8, 4) is 11.1 Å². The molecule has 0 radical (unpaired) electrons. The highest BCUT2D eigenvalue weighted by atomic mass is 16.6. The van der Waals surface area contributed by atoms with Crippen molar-refractivity contribution < 1.29 is 33.8 Å². The third-order valence-corrected chi connectivity index (χ3v) is 7.45. The number of nitrogens with zero attached hydrogens (tertiary/aromatic N) is 1. The van der Waals surface area contributed by atoms with Crippen LogP contribution in [0.15, 0.2) is 48.5 Å². The number of hydrogen-bond acceptors (Lipinski definition) is 6. The van der Waals surface area contributed by atoms with Crippen molar-refractivity contribution >= 4 is 24.1 Å². The van der Waals surface area contributed by atoms with Crippen LogP contribution >= 0.6 is 0 Å². The maximum atomic E-state index is 12.5. The molecule has 3 N–H and O–H groups in total. The molecular formula is C31H39N3O7. The molecule has 0 bridgehead atoms. The second-order valence-electron chi connectivity index (χ2n) is 11.6. The number of piperidine rings is 1. The Morgan fingerprint density at radius 3 is 2.12 bits per heavy atom. The van der Waals surface area contributed by atoms with Crippen LogP contribution in [0.25, 0.3) is 11.1 Å². The van der Waals surface area contributed by atoms with Gasteiger partial charge < -0.3 is 30.1 Å². The van der Waals surface area contributed by atoms with Crippen LogP contribution in [0, 0.1) is 5.92 Å². The van der Waals surface area contributed by atoms with Gasteiger partial charge in [0, 0.05) is 32.0 Å². The Kier molecular flexibility index (Phi) is 9.52. The smallest absolute Gasteiger partial charge is 0.410 e. The van der Waals surface area contributed by atoms with Crippen molar-refractivity contribution in [2.75, 3.05) is 26.2 Å². The van der Waals surface area contributed by atoms with E-state index < -0.39 is 23.7 Å². The zero-order valence-corrected chi connectivity index (χ0v) is 23.9. The van der Waals surface area contributed by atoms with Crippen LogP contribution in [0.5, 0.6) is 0 Å². The summed E-state index contributed by atoms with van der Waals surface area (Å²) in [7, 11) is 0. The van der Waals surface area contributed by atoms with Crippen molar-refractivity contribution in [1.82, 2.24) is 15.5 Å². The quantitative estimate of drug-likeness (QED) is 0.407. The molecule has 0 unspecified atom stereocenters. The Bertz CT molecular complexity index is 1220. The van der Waals surface area contributed by atoms with E-state index in [0.717, 1.165) is 35.1 Å². The molecule has 220 valence electrons. The number of amides is 3. The van der Waals surface area contributed by atoms with Crippen molar-refractivity contribution in [2.45, 2.75) is 64.0 Å². The number of aliphatic carboxylic acids is 1. The Labute approximate surface area is 240 Å². The minimum absolute atomic E-state index is 0.0582. The lowest BCUT2D eigenvalue weighted by molar-refractivity contribution is -0.139. The largest absolute Gasteiger partial charge is 0.480 e. The third-order valence-electron chi connectivity index (χ3n) is 7.45. The van der Waals surface area contributed by atoms with Gasteiger partial charge in [-0.2, -0.15) is 0 Å². The molecule has 1 atom stereocenters. The molecule has 2 aromatic rings. The van der Waals surface area contributed by atoms with E-state index in [1.165, 1.54) is 0 Å². The van der Waals surface area contributed by atoms with Crippen LogP contribution in [0.2, 0.25) is 0 Å². The van der Waals surface area contributed by atoms with Crippen LogP contribution in [0.1, 0.15) is 63.5 Å². The van der Waals surface area contributed by atoms with E-state index in [4.69, 9.17) is 9.47 Å². The summed E-state index contributed by atoms with van der Waals surface area (Å²) in [5.41, 5.74) is 3.77. The molecule has 1 fully saturated rings. The van der Waals surface area contributed by atoms with Crippen LogP contribution in [-0.2, 0) is 19.1 Å². The number of ether oxygens (including phenoxy) is 2. The monoisotopic (exact) mass is 565 g/mol. The lowest BCUT2D eigenvalue weighted by Gasteiger charge is -2.33. The average Bonchev–Trinajstić information content (AvgIpc) is 3.25. The van der Waals surface area contributed by atoms with Gasteiger partial charge in [0.05, 0.1) is 0 Å². The molecule has 1 heterocycles. The molecule has 2 aromatic carbocycles. The first-order valence-corrected chi connectivity index (χ1v) is 14.1. The van der Waals surface area contributed by atoms with Gasteiger partial charge in [0.2, 0.25) is 5.91 Å². The molecule has 0 saturated carbocycles. The van der Waals surface area contributed by atoms with Gasteiger partial charge in [0.25, 0.3) is 0 Å². The summed E-state index contributed by atoms with van der Waals surface area (Å²) in [6.45, 7) is 7.11. The number of hydrogen-bond donors (Lipinski definition) is 3. The molecule has 3 amide bonds. The molecule has 1 aliphatic carbocycles. The average molecular weight is 566 g/mol. The highest BCUT2D eigenvalue weighted by Crippen LogP contribution is 2.44. The zero-order chi connectivity index (χ0) is 29.6. The summed E-state index contributed by atoms with van der Waals surface area (Å²) in [5.74, 6) is -1.45. The molecule has 0 spiro atoms. The first-order valence-electron chi connectivity index (χ1n) is 14.1.